The van der Waals surface area contributed by atoms with Crippen LogP contribution in [0.2, 0.25) is 0 Å². The first-order valence-electron chi connectivity index (χ1n) is 7.38. The van der Waals surface area contributed by atoms with Crippen molar-refractivity contribution in [2.45, 2.75) is 26.2 Å². The van der Waals surface area contributed by atoms with Gasteiger partial charge in [-0.1, -0.05) is 6.92 Å². The van der Waals surface area contributed by atoms with Gasteiger partial charge in [0.15, 0.2) is 5.65 Å². The van der Waals surface area contributed by atoms with E-state index in [1.807, 2.05) is 0 Å². The molecule has 0 amide bonds. The highest BCUT2D eigenvalue weighted by Gasteiger charge is 2.22. The van der Waals surface area contributed by atoms with Crippen LogP contribution in [0.15, 0.2) is 15.8 Å². The molecule has 0 saturated carbocycles. The Balaban J connectivity index is 2.48. The second kappa shape index (κ2) is 5.02. The Labute approximate surface area is 122 Å². The van der Waals surface area contributed by atoms with Gasteiger partial charge in [-0.3, -0.25) is 13.9 Å². The minimum Gasteiger partial charge on any atom is -0.371 e. The highest BCUT2D eigenvalue weighted by Crippen LogP contribution is 2.29. The first kappa shape index (κ1) is 13.9. The summed E-state index contributed by atoms with van der Waals surface area (Å²) in [5.74, 6) is 0. The van der Waals surface area contributed by atoms with Crippen molar-refractivity contribution < 1.29 is 0 Å². The van der Waals surface area contributed by atoms with Crippen LogP contribution in [0.25, 0.3) is 11.0 Å². The zero-order valence-electron chi connectivity index (χ0n) is 12.7. The molecule has 1 fully saturated rings. The quantitative estimate of drug-likeness (QED) is 0.820. The van der Waals surface area contributed by atoms with Crippen LogP contribution >= 0.6 is 0 Å². The number of fused-ring (bicyclic) bond motifs is 1. The van der Waals surface area contributed by atoms with E-state index in [0.717, 1.165) is 43.6 Å². The van der Waals surface area contributed by atoms with Gasteiger partial charge >= 0.3 is 5.69 Å². The molecular formula is C15H20N4O2. The van der Waals surface area contributed by atoms with Crippen LogP contribution in [-0.2, 0) is 20.5 Å². The predicted molar refractivity (Wildman–Crippen MR) is 83.1 cm³/mol. The average molecular weight is 288 g/mol. The maximum absolute atomic E-state index is 12.6. The Hall–Kier alpha value is -2.11. The van der Waals surface area contributed by atoms with Crippen molar-refractivity contribution in [3.05, 3.63) is 32.6 Å². The second-order valence-electron chi connectivity index (χ2n) is 5.58. The van der Waals surface area contributed by atoms with Crippen LogP contribution in [0, 0.1) is 0 Å². The molecule has 1 aliphatic rings. The van der Waals surface area contributed by atoms with Crippen molar-refractivity contribution in [2.24, 2.45) is 14.1 Å². The van der Waals surface area contributed by atoms with E-state index in [9.17, 15) is 9.59 Å². The standard InChI is InChI=1S/C15H20N4O2/c1-4-10-9-16-13-11(12(10)19-7-5-6-8-19)14(20)18(3)15(21)17(13)2/h9H,4-8H2,1-3H3. The number of rotatable bonds is 2. The number of hydrogen-bond donors (Lipinski definition) is 0. The van der Waals surface area contributed by atoms with Crippen molar-refractivity contribution in [2.75, 3.05) is 18.0 Å². The fourth-order valence-electron chi connectivity index (χ4n) is 3.11. The van der Waals surface area contributed by atoms with Crippen molar-refractivity contribution >= 4 is 16.7 Å². The Morgan fingerprint density at radius 2 is 1.81 bits per heavy atom. The van der Waals surface area contributed by atoms with Crippen LogP contribution in [0.4, 0.5) is 5.69 Å². The molecule has 0 aliphatic carbocycles. The molecule has 112 valence electrons. The summed E-state index contributed by atoms with van der Waals surface area (Å²) >= 11 is 0. The fourth-order valence-corrected chi connectivity index (χ4v) is 3.11. The molecule has 0 radical (unpaired) electrons. The van der Waals surface area contributed by atoms with Gasteiger partial charge in [-0.15, -0.1) is 0 Å². The zero-order valence-corrected chi connectivity index (χ0v) is 12.7. The lowest BCUT2D eigenvalue weighted by molar-refractivity contribution is 0.706. The average Bonchev–Trinajstić information content (AvgIpc) is 3.03. The SMILES string of the molecule is CCc1cnc2c(c1N1CCCC1)c(=O)n(C)c(=O)n2C. The van der Waals surface area contributed by atoms with E-state index in [0.29, 0.717) is 11.0 Å². The summed E-state index contributed by atoms with van der Waals surface area (Å²) in [6, 6.07) is 0. The van der Waals surface area contributed by atoms with Crippen LogP contribution in [0.1, 0.15) is 25.3 Å². The van der Waals surface area contributed by atoms with Gasteiger partial charge in [0.25, 0.3) is 5.56 Å². The Bertz CT molecular complexity index is 813. The first-order valence-corrected chi connectivity index (χ1v) is 7.38. The summed E-state index contributed by atoms with van der Waals surface area (Å²) in [4.78, 5) is 31.3. The summed E-state index contributed by atoms with van der Waals surface area (Å²) in [7, 11) is 3.19. The maximum atomic E-state index is 12.6. The molecule has 21 heavy (non-hydrogen) atoms. The minimum atomic E-state index is -0.336. The topological polar surface area (TPSA) is 60.1 Å². The molecular weight excluding hydrogens is 268 g/mol. The number of aromatic nitrogens is 3. The predicted octanol–water partition coefficient (Wildman–Crippen LogP) is 0.795. The van der Waals surface area contributed by atoms with Gasteiger partial charge in [0, 0.05) is 33.4 Å². The Morgan fingerprint density at radius 1 is 1.14 bits per heavy atom. The zero-order chi connectivity index (χ0) is 15.1. The molecule has 3 heterocycles. The number of anilines is 1. The lowest BCUT2D eigenvalue weighted by atomic mass is 10.1. The fraction of sp³-hybridized carbons (Fsp3) is 0.533. The van der Waals surface area contributed by atoms with Gasteiger partial charge in [0.2, 0.25) is 0 Å². The van der Waals surface area contributed by atoms with E-state index in [2.05, 4.69) is 16.8 Å². The lowest BCUT2D eigenvalue weighted by Gasteiger charge is -2.23. The maximum Gasteiger partial charge on any atom is 0.332 e. The largest absolute Gasteiger partial charge is 0.371 e. The Kier molecular flexibility index (Phi) is 3.31. The minimum absolute atomic E-state index is 0.252. The molecule has 0 spiro atoms. The van der Waals surface area contributed by atoms with E-state index < -0.39 is 0 Å². The van der Waals surface area contributed by atoms with E-state index in [1.54, 1.807) is 13.2 Å². The molecule has 2 aromatic rings. The second-order valence-corrected chi connectivity index (χ2v) is 5.58. The Morgan fingerprint density at radius 3 is 2.43 bits per heavy atom. The molecule has 6 heteroatoms. The van der Waals surface area contributed by atoms with Gasteiger partial charge < -0.3 is 4.90 Å². The van der Waals surface area contributed by atoms with Crippen LogP contribution in [-0.4, -0.2) is 27.2 Å². The molecule has 0 N–H and O–H groups in total. The van der Waals surface area contributed by atoms with Crippen molar-refractivity contribution in [1.82, 2.24) is 14.1 Å². The molecule has 0 aromatic carbocycles. The van der Waals surface area contributed by atoms with Crippen LogP contribution in [0.3, 0.4) is 0 Å². The third-order valence-electron chi connectivity index (χ3n) is 4.32. The highest BCUT2D eigenvalue weighted by molar-refractivity contribution is 5.90. The number of aryl methyl sites for hydroxylation is 2. The first-order chi connectivity index (χ1) is 10.1. The number of hydrogen-bond acceptors (Lipinski definition) is 4. The normalized spacial score (nSPS) is 15.1. The third-order valence-corrected chi connectivity index (χ3v) is 4.32. The summed E-state index contributed by atoms with van der Waals surface area (Å²) < 4.78 is 2.62. The van der Waals surface area contributed by atoms with Gasteiger partial charge in [0.1, 0.15) is 5.39 Å². The summed E-state index contributed by atoms with van der Waals surface area (Å²) in [6.45, 7) is 3.98. The summed E-state index contributed by atoms with van der Waals surface area (Å²) in [6.07, 6.45) is 4.90. The van der Waals surface area contributed by atoms with E-state index in [-0.39, 0.29) is 11.2 Å². The van der Waals surface area contributed by atoms with E-state index in [1.165, 1.54) is 16.2 Å². The van der Waals surface area contributed by atoms with Crippen LogP contribution < -0.4 is 16.1 Å². The molecule has 0 unspecified atom stereocenters. The highest BCUT2D eigenvalue weighted by atomic mass is 16.2. The van der Waals surface area contributed by atoms with Gasteiger partial charge in [-0.2, -0.15) is 0 Å². The van der Waals surface area contributed by atoms with E-state index >= 15 is 0 Å². The van der Waals surface area contributed by atoms with Crippen molar-refractivity contribution in [3.8, 4) is 0 Å². The van der Waals surface area contributed by atoms with Gasteiger partial charge in [-0.25, -0.2) is 9.78 Å². The smallest absolute Gasteiger partial charge is 0.332 e. The third kappa shape index (κ3) is 1.97. The van der Waals surface area contributed by atoms with E-state index in [4.69, 9.17) is 0 Å². The van der Waals surface area contributed by atoms with Crippen LogP contribution in [0.5, 0.6) is 0 Å². The molecule has 6 nitrogen and oxygen atoms in total. The molecule has 1 aliphatic heterocycles. The van der Waals surface area contributed by atoms with Gasteiger partial charge in [0.05, 0.1) is 5.69 Å². The monoisotopic (exact) mass is 288 g/mol. The molecule has 3 rings (SSSR count). The van der Waals surface area contributed by atoms with Gasteiger partial charge in [-0.05, 0) is 24.8 Å². The molecule has 1 saturated heterocycles. The van der Waals surface area contributed by atoms with Crippen molar-refractivity contribution in [1.29, 1.82) is 0 Å². The number of nitrogens with zero attached hydrogens (tertiary/aromatic N) is 4. The lowest BCUT2D eigenvalue weighted by Crippen LogP contribution is -2.38. The molecule has 0 bridgehead atoms. The van der Waals surface area contributed by atoms with Crippen molar-refractivity contribution in [3.63, 3.8) is 0 Å². The summed E-state index contributed by atoms with van der Waals surface area (Å²) in [5.41, 5.74) is 1.92. The molecule has 0 atom stereocenters. The number of pyridine rings is 1. The molecule has 2 aromatic heterocycles. The summed E-state index contributed by atoms with van der Waals surface area (Å²) in [5, 5.41) is 0.570.